The second kappa shape index (κ2) is 6.89. The van der Waals surface area contributed by atoms with Gasteiger partial charge in [-0.25, -0.2) is 8.78 Å². The monoisotopic (exact) mass is 307 g/mol. The molecule has 0 fully saturated rings. The third-order valence-electron chi connectivity index (χ3n) is 3.03. The summed E-state index contributed by atoms with van der Waals surface area (Å²) >= 11 is 0. The van der Waals surface area contributed by atoms with E-state index >= 15 is 0 Å². The van der Waals surface area contributed by atoms with E-state index < -0.39 is 11.6 Å². The summed E-state index contributed by atoms with van der Waals surface area (Å²) < 4.78 is 31.1. The highest BCUT2D eigenvalue weighted by molar-refractivity contribution is 5.98. The van der Waals surface area contributed by atoms with Crippen LogP contribution < -0.4 is 4.74 Å². The minimum absolute atomic E-state index is 0.0147. The van der Waals surface area contributed by atoms with Gasteiger partial charge in [0.2, 0.25) is 0 Å². The maximum atomic E-state index is 13.4. The highest BCUT2D eigenvalue weighted by Gasteiger charge is 2.06. The van der Waals surface area contributed by atoms with Gasteiger partial charge in [-0.1, -0.05) is 5.16 Å². The molecule has 22 heavy (non-hydrogen) atoms. The molecular formula is C16H15F2NO3. The number of phenols is 1. The highest BCUT2D eigenvalue weighted by Crippen LogP contribution is 2.26. The van der Waals surface area contributed by atoms with E-state index in [0.717, 1.165) is 12.1 Å². The standard InChI is InChI=1S/C16H15F2NO3/c1-10(11-4-6-16(21-2)15(20)7-11)19-22-9-12-3-5-13(17)8-14(12)18/h3-8,20H,9H2,1-2H3/b19-10+. The fourth-order valence-electron chi connectivity index (χ4n) is 1.81. The molecule has 0 atom stereocenters. The molecule has 2 rings (SSSR count). The fraction of sp³-hybridized carbons (Fsp3) is 0.188. The normalized spacial score (nSPS) is 11.4. The molecule has 0 unspecified atom stereocenters. The Balaban J connectivity index is 2.05. The molecule has 0 aliphatic rings. The van der Waals surface area contributed by atoms with E-state index in [4.69, 9.17) is 9.57 Å². The van der Waals surface area contributed by atoms with Crippen LogP contribution in [-0.4, -0.2) is 17.9 Å². The van der Waals surface area contributed by atoms with Gasteiger partial charge in [0.25, 0.3) is 0 Å². The van der Waals surface area contributed by atoms with Gasteiger partial charge in [-0.15, -0.1) is 0 Å². The molecular weight excluding hydrogens is 292 g/mol. The second-order valence-corrected chi connectivity index (χ2v) is 4.57. The average molecular weight is 307 g/mol. The minimum Gasteiger partial charge on any atom is -0.504 e. The number of ether oxygens (including phenoxy) is 1. The van der Waals surface area contributed by atoms with Gasteiger partial charge in [-0.05, 0) is 37.3 Å². The van der Waals surface area contributed by atoms with Gasteiger partial charge in [0.05, 0.1) is 12.8 Å². The third kappa shape index (κ3) is 3.72. The van der Waals surface area contributed by atoms with Crippen LogP contribution in [0.1, 0.15) is 18.1 Å². The largest absolute Gasteiger partial charge is 0.504 e. The molecule has 0 saturated carbocycles. The lowest BCUT2D eigenvalue weighted by Gasteiger charge is -2.06. The van der Waals surface area contributed by atoms with Crippen LogP contribution in [0.3, 0.4) is 0 Å². The number of hydrogen-bond donors (Lipinski definition) is 1. The van der Waals surface area contributed by atoms with Crippen LogP contribution in [0.15, 0.2) is 41.6 Å². The van der Waals surface area contributed by atoms with Crippen LogP contribution in [0.5, 0.6) is 11.5 Å². The van der Waals surface area contributed by atoms with Gasteiger partial charge in [0.15, 0.2) is 11.5 Å². The van der Waals surface area contributed by atoms with Crippen molar-refractivity contribution in [1.82, 2.24) is 0 Å². The molecule has 0 aliphatic heterocycles. The van der Waals surface area contributed by atoms with Gasteiger partial charge in [0, 0.05) is 17.2 Å². The number of benzene rings is 2. The molecule has 1 N–H and O–H groups in total. The summed E-state index contributed by atoms with van der Waals surface area (Å²) in [6.07, 6.45) is 0. The van der Waals surface area contributed by atoms with Crippen LogP contribution >= 0.6 is 0 Å². The third-order valence-corrected chi connectivity index (χ3v) is 3.03. The average Bonchev–Trinajstić information content (AvgIpc) is 2.49. The number of halogens is 2. The molecule has 0 bridgehead atoms. The summed E-state index contributed by atoms with van der Waals surface area (Å²) in [7, 11) is 1.45. The molecule has 4 nitrogen and oxygen atoms in total. The van der Waals surface area contributed by atoms with E-state index in [9.17, 15) is 13.9 Å². The number of hydrogen-bond acceptors (Lipinski definition) is 4. The molecule has 6 heteroatoms. The summed E-state index contributed by atoms with van der Waals surface area (Å²) in [5.74, 6) is -0.991. The van der Waals surface area contributed by atoms with Crippen molar-refractivity contribution < 1.29 is 23.5 Å². The van der Waals surface area contributed by atoms with E-state index in [0.29, 0.717) is 17.0 Å². The van der Waals surface area contributed by atoms with Crippen molar-refractivity contribution in [3.8, 4) is 11.5 Å². The summed E-state index contributed by atoms with van der Waals surface area (Å²) in [6, 6.07) is 8.04. The molecule has 0 aliphatic carbocycles. The van der Waals surface area contributed by atoms with Crippen LogP contribution in [-0.2, 0) is 11.4 Å². The molecule has 116 valence electrons. The predicted octanol–water partition coefficient (Wildman–Crippen LogP) is 3.62. The lowest BCUT2D eigenvalue weighted by Crippen LogP contribution is -1.99. The topological polar surface area (TPSA) is 51.0 Å². The lowest BCUT2D eigenvalue weighted by atomic mass is 10.1. The van der Waals surface area contributed by atoms with E-state index in [1.165, 1.54) is 19.2 Å². The first-order valence-corrected chi connectivity index (χ1v) is 6.49. The number of oxime groups is 1. The predicted molar refractivity (Wildman–Crippen MR) is 78.0 cm³/mol. The first kappa shape index (κ1) is 15.8. The zero-order valence-corrected chi connectivity index (χ0v) is 12.1. The van der Waals surface area contributed by atoms with Gasteiger partial charge in [-0.3, -0.25) is 0 Å². The van der Waals surface area contributed by atoms with E-state index in [-0.39, 0.29) is 17.9 Å². The van der Waals surface area contributed by atoms with Crippen molar-refractivity contribution in [3.05, 3.63) is 59.2 Å². The first-order valence-electron chi connectivity index (χ1n) is 6.49. The molecule has 0 aromatic heterocycles. The van der Waals surface area contributed by atoms with Gasteiger partial charge in [-0.2, -0.15) is 0 Å². The summed E-state index contributed by atoms with van der Waals surface area (Å²) in [4.78, 5) is 5.07. The molecule has 0 saturated heterocycles. The Morgan fingerprint density at radius 1 is 1.18 bits per heavy atom. The van der Waals surface area contributed by atoms with Gasteiger partial charge < -0.3 is 14.7 Å². The molecule has 0 radical (unpaired) electrons. The molecule has 0 heterocycles. The zero-order chi connectivity index (χ0) is 16.1. The Morgan fingerprint density at radius 3 is 2.59 bits per heavy atom. The number of phenolic OH excluding ortho intramolecular Hbond substituents is 1. The van der Waals surface area contributed by atoms with E-state index in [1.807, 2.05) is 0 Å². The Kier molecular flexibility index (Phi) is 4.93. The van der Waals surface area contributed by atoms with Crippen LogP contribution in [0, 0.1) is 11.6 Å². The molecule has 2 aromatic rings. The van der Waals surface area contributed by atoms with Crippen molar-refractivity contribution in [2.24, 2.45) is 5.16 Å². The quantitative estimate of drug-likeness (QED) is 0.678. The van der Waals surface area contributed by atoms with Crippen LogP contribution in [0.25, 0.3) is 0 Å². The van der Waals surface area contributed by atoms with Crippen LogP contribution in [0.2, 0.25) is 0 Å². The van der Waals surface area contributed by atoms with Gasteiger partial charge >= 0.3 is 0 Å². The fourth-order valence-corrected chi connectivity index (χ4v) is 1.81. The van der Waals surface area contributed by atoms with Crippen molar-refractivity contribution in [2.45, 2.75) is 13.5 Å². The number of rotatable bonds is 5. The van der Waals surface area contributed by atoms with Gasteiger partial charge in [0.1, 0.15) is 18.2 Å². The van der Waals surface area contributed by atoms with E-state index in [1.54, 1.807) is 19.1 Å². The van der Waals surface area contributed by atoms with Crippen LogP contribution in [0.4, 0.5) is 8.78 Å². The Labute approximate surface area is 126 Å². The highest BCUT2D eigenvalue weighted by atomic mass is 19.1. The SMILES string of the molecule is COc1ccc(/C(C)=N/OCc2ccc(F)cc2F)cc1O. The van der Waals surface area contributed by atoms with Crippen molar-refractivity contribution in [3.63, 3.8) is 0 Å². The van der Waals surface area contributed by atoms with Crippen molar-refractivity contribution in [1.29, 1.82) is 0 Å². The Bertz CT molecular complexity index is 702. The maximum absolute atomic E-state index is 13.4. The molecule has 0 amide bonds. The van der Waals surface area contributed by atoms with Crippen molar-refractivity contribution in [2.75, 3.05) is 7.11 Å². The number of aromatic hydroxyl groups is 1. The minimum atomic E-state index is -0.685. The molecule has 2 aromatic carbocycles. The summed E-state index contributed by atoms with van der Waals surface area (Å²) in [5.41, 5.74) is 1.34. The number of methoxy groups -OCH3 is 1. The lowest BCUT2D eigenvalue weighted by molar-refractivity contribution is 0.128. The Hall–Kier alpha value is -2.63. The zero-order valence-electron chi connectivity index (χ0n) is 12.1. The maximum Gasteiger partial charge on any atom is 0.160 e. The summed E-state index contributed by atoms with van der Waals surface area (Å²) in [6.45, 7) is 1.56. The number of nitrogens with zero attached hydrogens (tertiary/aromatic N) is 1. The molecule has 0 spiro atoms. The summed E-state index contributed by atoms with van der Waals surface area (Å²) in [5, 5.41) is 13.6. The smallest absolute Gasteiger partial charge is 0.160 e. The Morgan fingerprint density at radius 2 is 1.95 bits per heavy atom. The second-order valence-electron chi connectivity index (χ2n) is 4.57. The van der Waals surface area contributed by atoms with E-state index in [2.05, 4.69) is 5.16 Å². The first-order chi connectivity index (χ1) is 10.5. The van der Waals surface area contributed by atoms with Crippen molar-refractivity contribution >= 4 is 5.71 Å².